The Hall–Kier alpha value is -2.56. The molecule has 2 aromatic heterocycles. The van der Waals surface area contributed by atoms with E-state index in [0.29, 0.717) is 10.3 Å². The molecule has 0 atom stereocenters. The Labute approximate surface area is 183 Å². The number of rotatable bonds is 7. The summed E-state index contributed by atoms with van der Waals surface area (Å²) in [5, 5.41) is 15.7. The van der Waals surface area contributed by atoms with Crippen molar-refractivity contribution in [1.29, 1.82) is 0 Å². The number of benzene rings is 2. The highest BCUT2D eigenvalue weighted by Gasteiger charge is 2.13. The summed E-state index contributed by atoms with van der Waals surface area (Å²) in [7, 11) is 0. The predicted molar refractivity (Wildman–Crippen MR) is 118 cm³/mol. The van der Waals surface area contributed by atoms with Gasteiger partial charge in [-0.05, 0) is 40.3 Å². The second kappa shape index (κ2) is 9.29. The molecule has 1 amide bonds. The molecule has 0 saturated carbocycles. The van der Waals surface area contributed by atoms with E-state index in [9.17, 15) is 4.79 Å². The molecule has 0 spiro atoms. The van der Waals surface area contributed by atoms with Gasteiger partial charge in [0.15, 0.2) is 5.13 Å². The van der Waals surface area contributed by atoms with Crippen molar-refractivity contribution in [1.82, 2.24) is 25.2 Å². The van der Waals surface area contributed by atoms with Gasteiger partial charge in [-0.2, -0.15) is 4.68 Å². The number of nitrogens with zero attached hydrogens (tertiary/aromatic N) is 5. The molecule has 4 rings (SSSR count). The molecule has 0 bridgehead atoms. The van der Waals surface area contributed by atoms with E-state index >= 15 is 0 Å². The summed E-state index contributed by atoms with van der Waals surface area (Å²) in [6.07, 6.45) is 2.58. The topological polar surface area (TPSA) is 85.6 Å². The molecule has 7 nitrogen and oxygen atoms in total. The highest BCUT2D eigenvalue weighted by Crippen LogP contribution is 2.23. The Morgan fingerprint density at radius 3 is 2.72 bits per heavy atom. The van der Waals surface area contributed by atoms with Gasteiger partial charge in [-0.3, -0.25) is 4.79 Å². The first kappa shape index (κ1) is 19.7. The lowest BCUT2D eigenvalue weighted by molar-refractivity contribution is -0.113. The van der Waals surface area contributed by atoms with E-state index in [-0.39, 0.29) is 11.7 Å². The van der Waals surface area contributed by atoms with Crippen molar-refractivity contribution in [2.75, 3.05) is 11.1 Å². The van der Waals surface area contributed by atoms with Crippen molar-refractivity contribution >= 4 is 50.1 Å². The largest absolute Gasteiger partial charge is 0.301 e. The summed E-state index contributed by atoms with van der Waals surface area (Å²) in [6.45, 7) is 0. The Bertz CT molecular complexity index is 1100. The molecule has 0 aliphatic heterocycles. The Balaban J connectivity index is 1.32. The second-order valence-corrected chi connectivity index (χ2v) is 8.95. The fraction of sp³-hybridized carbons (Fsp3) is 0.105. The van der Waals surface area contributed by atoms with Crippen LogP contribution in [0.4, 0.5) is 5.13 Å². The normalized spacial score (nSPS) is 10.8. The van der Waals surface area contributed by atoms with E-state index in [2.05, 4.69) is 53.9 Å². The SMILES string of the molecule is O=C(CSc1nnnn1-c1ccccc1)Nc1ncc(Cc2ccc(Br)cc2)s1. The molecular formula is C19H15BrN6OS2. The number of tetrazole rings is 1. The van der Waals surface area contributed by atoms with Gasteiger partial charge in [-0.1, -0.05) is 58.0 Å². The fourth-order valence-electron chi connectivity index (χ4n) is 2.54. The van der Waals surface area contributed by atoms with Crippen molar-refractivity contribution in [2.24, 2.45) is 0 Å². The van der Waals surface area contributed by atoms with Gasteiger partial charge in [0.05, 0.1) is 11.4 Å². The van der Waals surface area contributed by atoms with Crippen LogP contribution in [-0.2, 0) is 11.2 Å². The first-order valence-electron chi connectivity index (χ1n) is 8.63. The number of carbonyl (C=O) groups excluding carboxylic acids is 1. The summed E-state index contributed by atoms with van der Waals surface area (Å²) < 4.78 is 2.66. The van der Waals surface area contributed by atoms with E-state index in [1.807, 2.05) is 42.5 Å². The number of halogens is 1. The van der Waals surface area contributed by atoms with Gasteiger partial charge in [0.1, 0.15) is 0 Å². The van der Waals surface area contributed by atoms with Crippen molar-refractivity contribution in [3.8, 4) is 5.69 Å². The van der Waals surface area contributed by atoms with E-state index in [1.165, 1.54) is 28.7 Å². The average Bonchev–Trinajstić information content (AvgIpc) is 3.38. The first-order valence-corrected chi connectivity index (χ1v) is 11.2. The minimum absolute atomic E-state index is 0.151. The highest BCUT2D eigenvalue weighted by molar-refractivity contribution is 9.10. The first-order chi connectivity index (χ1) is 14.2. The minimum Gasteiger partial charge on any atom is -0.301 e. The molecule has 0 unspecified atom stereocenters. The maximum Gasteiger partial charge on any atom is 0.236 e. The molecule has 2 heterocycles. The lowest BCUT2D eigenvalue weighted by atomic mass is 10.1. The quantitative estimate of drug-likeness (QED) is 0.394. The molecule has 0 aliphatic carbocycles. The molecule has 146 valence electrons. The molecule has 1 N–H and O–H groups in total. The molecule has 0 saturated heterocycles. The second-order valence-electron chi connectivity index (χ2n) is 5.98. The minimum atomic E-state index is -0.151. The van der Waals surface area contributed by atoms with Crippen LogP contribution >= 0.6 is 39.0 Å². The lowest BCUT2D eigenvalue weighted by Gasteiger charge is -2.04. The van der Waals surface area contributed by atoms with Gasteiger partial charge < -0.3 is 5.32 Å². The molecule has 4 aromatic rings. The number of aromatic nitrogens is 5. The number of thioether (sulfide) groups is 1. The van der Waals surface area contributed by atoms with Gasteiger partial charge in [-0.25, -0.2) is 4.98 Å². The number of nitrogens with one attached hydrogen (secondary N) is 1. The molecular weight excluding hydrogens is 472 g/mol. The maximum absolute atomic E-state index is 12.3. The molecule has 0 aliphatic rings. The summed E-state index contributed by atoms with van der Waals surface area (Å²) in [5.41, 5.74) is 2.04. The Morgan fingerprint density at radius 2 is 1.93 bits per heavy atom. The number of thiazole rings is 1. The van der Waals surface area contributed by atoms with Crippen molar-refractivity contribution < 1.29 is 4.79 Å². The zero-order valence-electron chi connectivity index (χ0n) is 15.0. The van der Waals surface area contributed by atoms with Crippen LogP contribution in [0.1, 0.15) is 10.4 Å². The Kier molecular flexibility index (Phi) is 6.33. The predicted octanol–water partition coefficient (Wildman–Crippen LogP) is 4.20. The van der Waals surface area contributed by atoms with Crippen molar-refractivity contribution in [3.63, 3.8) is 0 Å². The standard InChI is InChI=1S/C19H15BrN6OS2/c20-14-8-6-13(7-9-14)10-16-11-21-18(29-16)22-17(27)12-28-19-23-24-25-26(19)15-4-2-1-3-5-15/h1-9,11H,10,12H2,(H,21,22,27). The van der Waals surface area contributed by atoms with E-state index < -0.39 is 0 Å². The van der Waals surface area contributed by atoms with Crippen molar-refractivity contribution in [2.45, 2.75) is 11.6 Å². The zero-order valence-corrected chi connectivity index (χ0v) is 18.2. The summed E-state index contributed by atoms with van der Waals surface area (Å²) in [4.78, 5) is 17.7. The monoisotopic (exact) mass is 486 g/mol. The van der Waals surface area contributed by atoms with Crippen LogP contribution in [0, 0.1) is 0 Å². The van der Waals surface area contributed by atoms with Crippen LogP contribution in [0.5, 0.6) is 0 Å². The van der Waals surface area contributed by atoms with Crippen LogP contribution in [-0.4, -0.2) is 36.9 Å². The Morgan fingerprint density at radius 1 is 1.14 bits per heavy atom. The third kappa shape index (κ3) is 5.28. The highest BCUT2D eigenvalue weighted by atomic mass is 79.9. The number of anilines is 1. The van der Waals surface area contributed by atoms with Crippen LogP contribution in [0.25, 0.3) is 5.69 Å². The van der Waals surface area contributed by atoms with Crippen LogP contribution in [0.2, 0.25) is 0 Å². The number of para-hydroxylation sites is 1. The van der Waals surface area contributed by atoms with E-state index in [1.54, 1.807) is 10.9 Å². The fourth-order valence-corrected chi connectivity index (χ4v) is 4.35. The maximum atomic E-state index is 12.3. The van der Waals surface area contributed by atoms with Crippen LogP contribution < -0.4 is 5.32 Å². The van der Waals surface area contributed by atoms with Gasteiger partial charge in [0.2, 0.25) is 11.1 Å². The summed E-state index contributed by atoms with van der Waals surface area (Å²) in [5.74, 6) is 0.0385. The number of amides is 1. The zero-order chi connectivity index (χ0) is 20.1. The summed E-state index contributed by atoms with van der Waals surface area (Å²) >= 11 is 6.18. The van der Waals surface area contributed by atoms with Crippen LogP contribution in [0.15, 0.2) is 70.4 Å². The molecule has 0 radical (unpaired) electrons. The third-order valence-corrected chi connectivity index (χ3v) is 6.23. The van der Waals surface area contributed by atoms with E-state index in [0.717, 1.165) is 21.5 Å². The van der Waals surface area contributed by atoms with Gasteiger partial charge in [0, 0.05) is 22.0 Å². The van der Waals surface area contributed by atoms with Gasteiger partial charge in [-0.15, -0.1) is 16.4 Å². The lowest BCUT2D eigenvalue weighted by Crippen LogP contribution is -2.14. The van der Waals surface area contributed by atoms with Crippen molar-refractivity contribution in [3.05, 3.63) is 75.7 Å². The smallest absolute Gasteiger partial charge is 0.236 e. The summed E-state index contributed by atoms with van der Waals surface area (Å²) in [6, 6.07) is 17.7. The average molecular weight is 487 g/mol. The molecule has 0 fully saturated rings. The number of carbonyl (C=O) groups is 1. The molecule has 10 heteroatoms. The van der Waals surface area contributed by atoms with Crippen LogP contribution in [0.3, 0.4) is 0 Å². The third-order valence-electron chi connectivity index (χ3n) is 3.87. The van der Waals surface area contributed by atoms with Gasteiger partial charge >= 0.3 is 0 Å². The van der Waals surface area contributed by atoms with E-state index in [4.69, 9.17) is 0 Å². The number of hydrogen-bond acceptors (Lipinski definition) is 7. The molecule has 2 aromatic carbocycles. The molecule has 29 heavy (non-hydrogen) atoms. The van der Waals surface area contributed by atoms with Gasteiger partial charge in [0.25, 0.3) is 0 Å². The number of hydrogen-bond donors (Lipinski definition) is 1.